The van der Waals surface area contributed by atoms with Gasteiger partial charge in [0.1, 0.15) is 18.1 Å². The fraction of sp³-hybridized carbons (Fsp3) is 0.448. The lowest BCUT2D eigenvalue weighted by atomic mass is 9.81. The third-order valence-electron chi connectivity index (χ3n) is 7.22. The van der Waals surface area contributed by atoms with Crippen molar-refractivity contribution in [3.05, 3.63) is 54.1 Å². The van der Waals surface area contributed by atoms with E-state index in [4.69, 9.17) is 23.7 Å². The molecular weight excluding hydrogens is 474 g/mol. The molecule has 0 unspecified atom stereocenters. The first-order valence-electron chi connectivity index (χ1n) is 12.6. The number of carbonyl (C=O) groups excluding carboxylic acids is 2. The van der Waals surface area contributed by atoms with Crippen molar-refractivity contribution in [3.63, 3.8) is 0 Å². The van der Waals surface area contributed by atoms with Gasteiger partial charge in [0.15, 0.2) is 18.3 Å². The van der Waals surface area contributed by atoms with Crippen molar-refractivity contribution in [2.75, 3.05) is 34.7 Å². The molecule has 0 amide bonds. The van der Waals surface area contributed by atoms with Crippen LogP contribution in [0.2, 0.25) is 0 Å². The number of ether oxygens (including phenoxy) is 5. The third-order valence-corrected chi connectivity index (χ3v) is 7.22. The Bertz CT molecular complexity index is 1130. The zero-order valence-electron chi connectivity index (χ0n) is 21.7. The highest BCUT2D eigenvalue weighted by molar-refractivity contribution is 5.84. The molecule has 2 aliphatic heterocycles. The van der Waals surface area contributed by atoms with Crippen molar-refractivity contribution in [1.82, 2.24) is 4.90 Å². The number of esters is 1. The van der Waals surface area contributed by atoms with E-state index in [1.165, 1.54) is 6.08 Å². The predicted molar refractivity (Wildman–Crippen MR) is 139 cm³/mol. The van der Waals surface area contributed by atoms with Crippen LogP contribution >= 0.6 is 0 Å². The minimum Gasteiger partial charge on any atom is -0.493 e. The van der Waals surface area contributed by atoms with Crippen LogP contribution in [-0.2, 0) is 14.3 Å². The summed E-state index contributed by atoms with van der Waals surface area (Å²) < 4.78 is 28.2. The van der Waals surface area contributed by atoms with Crippen LogP contribution in [0.3, 0.4) is 0 Å². The van der Waals surface area contributed by atoms with E-state index in [-0.39, 0.29) is 18.9 Å². The molecule has 2 aromatic carbocycles. The lowest BCUT2D eigenvalue weighted by Gasteiger charge is -2.48. The van der Waals surface area contributed by atoms with Gasteiger partial charge in [-0.1, -0.05) is 13.0 Å². The minimum atomic E-state index is -0.408. The Labute approximate surface area is 218 Å². The molecule has 4 rings (SSSR count). The second kappa shape index (κ2) is 12.3. The first kappa shape index (κ1) is 26.7. The molecule has 0 bridgehead atoms. The number of methoxy groups -OCH3 is 3. The van der Waals surface area contributed by atoms with Crippen molar-refractivity contribution in [2.24, 2.45) is 0 Å². The monoisotopic (exact) mass is 509 g/mol. The van der Waals surface area contributed by atoms with E-state index in [1.54, 1.807) is 33.5 Å². The number of aldehydes is 1. The standard InChI is InChI=1S/C29H35NO7/c1-5-29(32)37-21-13-20-8-6-7-11-30(20)25(14-21)23-16-28(35-4)27(34-3)15-22(23)24-12-19(17-31)9-10-26(24)36-18-33-2/h5,9-10,12,15-17,20-21,25H,1,6-8,11,13-14,18H2,2-4H3/t20-,21-,25-/m0/s1. The molecule has 198 valence electrons. The fourth-order valence-corrected chi connectivity index (χ4v) is 5.57. The average molecular weight is 510 g/mol. The first-order valence-corrected chi connectivity index (χ1v) is 12.6. The molecule has 37 heavy (non-hydrogen) atoms. The van der Waals surface area contributed by atoms with Gasteiger partial charge in [-0.2, -0.15) is 0 Å². The van der Waals surface area contributed by atoms with Crippen molar-refractivity contribution in [1.29, 1.82) is 0 Å². The van der Waals surface area contributed by atoms with Crippen molar-refractivity contribution in [2.45, 2.75) is 50.3 Å². The number of benzene rings is 2. The molecule has 2 fully saturated rings. The van der Waals surface area contributed by atoms with Gasteiger partial charge >= 0.3 is 5.97 Å². The maximum Gasteiger partial charge on any atom is 0.330 e. The van der Waals surface area contributed by atoms with E-state index in [0.29, 0.717) is 35.3 Å². The average Bonchev–Trinajstić information content (AvgIpc) is 2.94. The number of piperidine rings is 2. The predicted octanol–water partition coefficient (Wildman–Crippen LogP) is 4.95. The van der Waals surface area contributed by atoms with E-state index in [9.17, 15) is 9.59 Å². The van der Waals surface area contributed by atoms with Gasteiger partial charge in [0, 0.05) is 49.2 Å². The number of hydrogen-bond donors (Lipinski definition) is 0. The van der Waals surface area contributed by atoms with Gasteiger partial charge in [-0.05, 0) is 60.8 Å². The molecule has 0 saturated carbocycles. The molecular formula is C29H35NO7. The minimum absolute atomic E-state index is 0.0494. The van der Waals surface area contributed by atoms with Crippen LogP contribution in [0.25, 0.3) is 11.1 Å². The first-order chi connectivity index (χ1) is 18.0. The van der Waals surface area contributed by atoms with Crippen molar-refractivity contribution in [3.8, 4) is 28.4 Å². The Morgan fingerprint density at radius 1 is 1.03 bits per heavy atom. The summed E-state index contributed by atoms with van der Waals surface area (Å²) in [4.78, 5) is 26.4. The SMILES string of the molecule is C=CC(=O)O[C@H]1C[C@@H]2CCCCN2[C@H](c2cc(OC)c(OC)cc2-c2cc(C=O)ccc2OCOC)C1. The number of carbonyl (C=O) groups is 2. The molecule has 2 heterocycles. The van der Waals surface area contributed by atoms with Crippen LogP contribution in [0.4, 0.5) is 0 Å². The molecule has 2 saturated heterocycles. The molecule has 8 heteroatoms. The van der Waals surface area contributed by atoms with E-state index in [2.05, 4.69) is 11.5 Å². The molecule has 0 spiro atoms. The zero-order valence-corrected chi connectivity index (χ0v) is 21.7. The summed E-state index contributed by atoms with van der Waals surface area (Å²) >= 11 is 0. The van der Waals surface area contributed by atoms with Gasteiger partial charge in [-0.15, -0.1) is 0 Å². The van der Waals surface area contributed by atoms with Crippen LogP contribution in [0, 0.1) is 0 Å². The van der Waals surface area contributed by atoms with Gasteiger partial charge in [0.05, 0.1) is 14.2 Å². The van der Waals surface area contributed by atoms with Crippen LogP contribution in [0.1, 0.15) is 54.1 Å². The highest BCUT2D eigenvalue weighted by Gasteiger charge is 2.40. The Hall–Kier alpha value is -3.36. The summed E-state index contributed by atoms with van der Waals surface area (Å²) in [6, 6.07) is 9.47. The quantitative estimate of drug-likeness (QED) is 0.193. The normalized spacial score (nSPS) is 21.4. The van der Waals surface area contributed by atoms with E-state index < -0.39 is 5.97 Å². The molecule has 2 aromatic rings. The second-order valence-corrected chi connectivity index (χ2v) is 9.36. The summed E-state index contributed by atoms with van der Waals surface area (Å²) in [6.07, 6.45) is 6.51. The van der Waals surface area contributed by atoms with Gasteiger partial charge in [-0.25, -0.2) is 4.79 Å². The summed E-state index contributed by atoms with van der Waals surface area (Å²) in [7, 11) is 4.77. The Balaban J connectivity index is 1.89. The Morgan fingerprint density at radius 3 is 2.51 bits per heavy atom. The van der Waals surface area contributed by atoms with Gasteiger partial charge in [0.25, 0.3) is 0 Å². The van der Waals surface area contributed by atoms with E-state index >= 15 is 0 Å². The smallest absolute Gasteiger partial charge is 0.330 e. The molecule has 0 N–H and O–H groups in total. The number of nitrogens with zero attached hydrogens (tertiary/aromatic N) is 1. The molecule has 2 aliphatic rings. The topological polar surface area (TPSA) is 83.5 Å². The number of rotatable bonds is 10. The fourth-order valence-electron chi connectivity index (χ4n) is 5.57. The summed E-state index contributed by atoms with van der Waals surface area (Å²) in [5.41, 5.74) is 3.13. The maximum absolute atomic E-state index is 12.1. The Kier molecular flexibility index (Phi) is 8.84. The molecule has 3 atom stereocenters. The van der Waals surface area contributed by atoms with Gasteiger partial charge < -0.3 is 23.7 Å². The molecule has 0 radical (unpaired) electrons. The van der Waals surface area contributed by atoms with Crippen molar-refractivity contribution >= 4 is 12.3 Å². The maximum atomic E-state index is 12.1. The van der Waals surface area contributed by atoms with Crippen LogP contribution in [-0.4, -0.2) is 64.0 Å². The molecule has 0 aromatic heterocycles. The number of hydrogen-bond acceptors (Lipinski definition) is 8. The largest absolute Gasteiger partial charge is 0.493 e. The van der Waals surface area contributed by atoms with Gasteiger partial charge in [0.2, 0.25) is 0 Å². The van der Waals surface area contributed by atoms with Gasteiger partial charge in [-0.3, -0.25) is 9.69 Å². The number of fused-ring (bicyclic) bond motifs is 1. The van der Waals surface area contributed by atoms with E-state index in [1.807, 2.05) is 18.2 Å². The van der Waals surface area contributed by atoms with Crippen LogP contribution in [0.15, 0.2) is 43.0 Å². The summed E-state index contributed by atoms with van der Waals surface area (Å²) in [5.74, 6) is 1.35. The summed E-state index contributed by atoms with van der Waals surface area (Å²) in [5, 5.41) is 0. The third kappa shape index (κ3) is 5.81. The molecule has 0 aliphatic carbocycles. The Morgan fingerprint density at radius 2 is 1.81 bits per heavy atom. The lowest BCUT2D eigenvalue weighted by molar-refractivity contribution is -0.148. The highest BCUT2D eigenvalue weighted by atomic mass is 16.7. The molecule has 8 nitrogen and oxygen atoms in total. The van der Waals surface area contributed by atoms with Crippen LogP contribution < -0.4 is 14.2 Å². The lowest BCUT2D eigenvalue weighted by Crippen LogP contribution is -2.49. The van der Waals surface area contributed by atoms with Crippen molar-refractivity contribution < 1.29 is 33.3 Å². The highest BCUT2D eigenvalue weighted by Crippen LogP contribution is 2.47. The zero-order chi connectivity index (χ0) is 26.4. The second-order valence-electron chi connectivity index (χ2n) is 9.36. The van der Waals surface area contributed by atoms with Crippen LogP contribution in [0.5, 0.6) is 17.2 Å². The van der Waals surface area contributed by atoms with E-state index in [0.717, 1.165) is 55.2 Å². The summed E-state index contributed by atoms with van der Waals surface area (Å²) in [6.45, 7) is 4.58.